The van der Waals surface area contributed by atoms with Crippen molar-refractivity contribution in [3.8, 4) is 0 Å². The largest absolute Gasteiger partial charge is 0.481 e. The van der Waals surface area contributed by atoms with Gasteiger partial charge in [0.05, 0.1) is 16.0 Å². The molecule has 0 bridgehead atoms. The predicted molar refractivity (Wildman–Crippen MR) is 63.7 cm³/mol. The Hall–Kier alpha value is -1.26. The molecule has 0 fully saturated rings. The molecule has 92 valence electrons. The number of benzene rings is 1. The average molecular weight is 277 g/mol. The first-order valence-electron chi connectivity index (χ1n) is 4.81. The Labute approximate surface area is 108 Å². The summed E-state index contributed by atoms with van der Waals surface area (Å²) < 4.78 is 0. The van der Waals surface area contributed by atoms with Crippen molar-refractivity contribution >= 4 is 35.1 Å². The highest BCUT2D eigenvalue weighted by Gasteiger charge is 2.21. The van der Waals surface area contributed by atoms with Gasteiger partial charge in [-0.25, -0.2) is 0 Å². The lowest BCUT2D eigenvalue weighted by atomic mass is 9.94. The smallest absolute Gasteiger partial charge is 0.310 e. The van der Waals surface area contributed by atoms with E-state index in [1.165, 1.54) is 18.2 Å². The summed E-state index contributed by atoms with van der Waals surface area (Å²) in [5.74, 6) is -3.00. The maximum absolute atomic E-state index is 11.0. The maximum Gasteiger partial charge on any atom is 0.310 e. The first-order valence-corrected chi connectivity index (χ1v) is 5.57. The minimum absolute atomic E-state index is 0.0165. The van der Waals surface area contributed by atoms with Crippen molar-refractivity contribution in [2.45, 2.75) is 18.8 Å². The van der Waals surface area contributed by atoms with Gasteiger partial charge >= 0.3 is 11.9 Å². The Bertz CT molecular complexity index is 445. The second-order valence-corrected chi connectivity index (χ2v) is 4.31. The summed E-state index contributed by atoms with van der Waals surface area (Å²) >= 11 is 11.5. The molecule has 1 unspecified atom stereocenters. The van der Waals surface area contributed by atoms with Crippen LogP contribution in [-0.2, 0) is 9.59 Å². The molecule has 1 aromatic rings. The van der Waals surface area contributed by atoms with E-state index in [2.05, 4.69) is 0 Å². The van der Waals surface area contributed by atoms with E-state index in [0.29, 0.717) is 10.6 Å². The van der Waals surface area contributed by atoms with Gasteiger partial charge in [0.15, 0.2) is 0 Å². The molecule has 0 aliphatic rings. The van der Waals surface area contributed by atoms with Crippen LogP contribution in [-0.4, -0.2) is 22.2 Å². The SMILES string of the molecule is O=C(O)CCC(C(=O)O)c1ccc(Cl)c(Cl)c1. The number of aliphatic carboxylic acids is 2. The Morgan fingerprint density at radius 2 is 1.82 bits per heavy atom. The molecule has 0 radical (unpaired) electrons. The van der Waals surface area contributed by atoms with E-state index in [0.717, 1.165) is 0 Å². The second-order valence-electron chi connectivity index (χ2n) is 3.50. The van der Waals surface area contributed by atoms with Gasteiger partial charge in [-0.15, -0.1) is 0 Å². The fourth-order valence-electron chi connectivity index (χ4n) is 1.43. The van der Waals surface area contributed by atoms with Gasteiger partial charge in [0.1, 0.15) is 0 Å². The molecule has 0 aliphatic carbocycles. The Kier molecular flexibility index (Phi) is 4.78. The van der Waals surface area contributed by atoms with Crippen LogP contribution in [0, 0.1) is 0 Å². The van der Waals surface area contributed by atoms with Gasteiger partial charge in [0.25, 0.3) is 0 Å². The Balaban J connectivity index is 2.93. The normalized spacial score (nSPS) is 12.1. The van der Waals surface area contributed by atoms with Crippen molar-refractivity contribution in [1.29, 1.82) is 0 Å². The van der Waals surface area contributed by atoms with Crippen LogP contribution in [0.15, 0.2) is 18.2 Å². The van der Waals surface area contributed by atoms with Gasteiger partial charge in [-0.3, -0.25) is 9.59 Å². The van der Waals surface area contributed by atoms with E-state index < -0.39 is 17.9 Å². The van der Waals surface area contributed by atoms with Gasteiger partial charge < -0.3 is 10.2 Å². The molecule has 0 aliphatic heterocycles. The molecule has 0 heterocycles. The lowest BCUT2D eigenvalue weighted by Gasteiger charge is -2.12. The van der Waals surface area contributed by atoms with Crippen molar-refractivity contribution in [3.05, 3.63) is 33.8 Å². The minimum Gasteiger partial charge on any atom is -0.481 e. The van der Waals surface area contributed by atoms with Gasteiger partial charge in [-0.1, -0.05) is 29.3 Å². The zero-order chi connectivity index (χ0) is 13.0. The topological polar surface area (TPSA) is 74.6 Å². The molecule has 0 saturated heterocycles. The molecular weight excluding hydrogens is 267 g/mol. The van der Waals surface area contributed by atoms with Crippen molar-refractivity contribution < 1.29 is 19.8 Å². The van der Waals surface area contributed by atoms with Crippen molar-refractivity contribution in [2.75, 3.05) is 0 Å². The van der Waals surface area contributed by atoms with Gasteiger partial charge in [0.2, 0.25) is 0 Å². The molecule has 0 saturated carbocycles. The third-order valence-electron chi connectivity index (χ3n) is 2.29. The van der Waals surface area contributed by atoms with Crippen molar-refractivity contribution in [3.63, 3.8) is 0 Å². The minimum atomic E-state index is -1.08. The second kappa shape index (κ2) is 5.89. The molecule has 0 aromatic heterocycles. The van der Waals surface area contributed by atoms with E-state index >= 15 is 0 Å². The average Bonchev–Trinajstić information content (AvgIpc) is 2.22. The Morgan fingerprint density at radius 3 is 2.29 bits per heavy atom. The monoisotopic (exact) mass is 276 g/mol. The number of carbonyl (C=O) groups is 2. The molecule has 2 N–H and O–H groups in total. The number of carboxylic acid groups (broad SMARTS) is 2. The number of halogens is 2. The fraction of sp³-hybridized carbons (Fsp3) is 0.273. The summed E-state index contributed by atoms with van der Waals surface area (Å²) in [7, 11) is 0. The summed E-state index contributed by atoms with van der Waals surface area (Å²) in [4.78, 5) is 21.5. The molecule has 1 atom stereocenters. The van der Waals surface area contributed by atoms with Gasteiger partial charge in [-0.2, -0.15) is 0 Å². The number of hydrogen-bond donors (Lipinski definition) is 2. The van der Waals surface area contributed by atoms with E-state index in [1.54, 1.807) is 0 Å². The van der Waals surface area contributed by atoms with Crippen molar-refractivity contribution in [1.82, 2.24) is 0 Å². The van der Waals surface area contributed by atoms with E-state index in [4.69, 9.17) is 33.4 Å². The van der Waals surface area contributed by atoms with Crippen LogP contribution >= 0.6 is 23.2 Å². The molecule has 1 rings (SSSR count). The molecular formula is C11H10Cl2O4. The summed E-state index contributed by atoms with van der Waals surface area (Å²) in [5.41, 5.74) is 0.452. The van der Waals surface area contributed by atoms with E-state index in [1.807, 2.05) is 0 Å². The van der Waals surface area contributed by atoms with E-state index in [-0.39, 0.29) is 17.9 Å². The molecule has 0 amide bonds. The lowest BCUT2D eigenvalue weighted by Crippen LogP contribution is -2.13. The first-order chi connectivity index (χ1) is 7.91. The van der Waals surface area contributed by atoms with Crippen molar-refractivity contribution in [2.24, 2.45) is 0 Å². The zero-order valence-electron chi connectivity index (χ0n) is 8.69. The fourth-order valence-corrected chi connectivity index (χ4v) is 1.74. The number of carboxylic acids is 2. The van der Waals surface area contributed by atoms with Gasteiger partial charge in [0, 0.05) is 6.42 Å². The summed E-state index contributed by atoms with van der Waals surface area (Å²) in [6, 6.07) is 4.48. The Morgan fingerprint density at radius 1 is 1.18 bits per heavy atom. The highest BCUT2D eigenvalue weighted by Crippen LogP contribution is 2.28. The van der Waals surface area contributed by atoms with E-state index in [9.17, 15) is 9.59 Å². The molecule has 0 spiro atoms. The van der Waals surface area contributed by atoms with Crippen LogP contribution in [0.5, 0.6) is 0 Å². The molecule has 17 heavy (non-hydrogen) atoms. The van der Waals surface area contributed by atoms with Crippen LogP contribution < -0.4 is 0 Å². The van der Waals surface area contributed by atoms with Gasteiger partial charge in [-0.05, 0) is 24.1 Å². The quantitative estimate of drug-likeness (QED) is 0.867. The predicted octanol–water partition coefficient (Wildman–Crippen LogP) is 3.03. The molecule has 4 nitrogen and oxygen atoms in total. The van der Waals surface area contributed by atoms with Crippen LogP contribution in [0.25, 0.3) is 0 Å². The third kappa shape index (κ3) is 3.91. The highest BCUT2D eigenvalue weighted by molar-refractivity contribution is 6.42. The zero-order valence-corrected chi connectivity index (χ0v) is 10.2. The molecule has 1 aromatic carbocycles. The molecule has 6 heteroatoms. The van der Waals surface area contributed by atoms with Crippen LogP contribution in [0.2, 0.25) is 10.0 Å². The third-order valence-corrected chi connectivity index (χ3v) is 3.03. The first kappa shape index (κ1) is 13.8. The maximum atomic E-state index is 11.0. The van der Waals surface area contributed by atoms with Crippen LogP contribution in [0.4, 0.5) is 0 Å². The van der Waals surface area contributed by atoms with Crippen LogP contribution in [0.3, 0.4) is 0 Å². The van der Waals surface area contributed by atoms with Crippen LogP contribution in [0.1, 0.15) is 24.3 Å². The summed E-state index contributed by atoms with van der Waals surface area (Å²) in [6.07, 6.45) is -0.195. The highest BCUT2D eigenvalue weighted by atomic mass is 35.5. The summed E-state index contributed by atoms with van der Waals surface area (Å²) in [5, 5.41) is 18.2. The number of rotatable bonds is 5. The summed E-state index contributed by atoms with van der Waals surface area (Å²) in [6.45, 7) is 0. The standard InChI is InChI=1S/C11H10Cl2O4/c12-8-3-1-6(5-9(8)13)7(11(16)17)2-4-10(14)15/h1,3,5,7H,2,4H2,(H,14,15)(H,16,17). The lowest BCUT2D eigenvalue weighted by molar-refractivity contribution is -0.140. The number of hydrogen-bond acceptors (Lipinski definition) is 2.